The van der Waals surface area contributed by atoms with E-state index in [1.54, 1.807) is 12.1 Å². The van der Waals surface area contributed by atoms with Gasteiger partial charge in [0.1, 0.15) is 11.4 Å². The lowest BCUT2D eigenvalue weighted by Crippen LogP contribution is -2.15. The first-order valence-corrected chi connectivity index (χ1v) is 4.82. The summed E-state index contributed by atoms with van der Waals surface area (Å²) < 4.78 is 5.45. The van der Waals surface area contributed by atoms with Gasteiger partial charge in [0, 0.05) is 0 Å². The average Bonchev–Trinajstić information content (AvgIpc) is 2.39. The van der Waals surface area contributed by atoms with Gasteiger partial charge in [-0.2, -0.15) is 0 Å². The molecule has 0 saturated heterocycles. The Hall–Kier alpha value is -2.63. The number of para-hydroxylation sites is 1. The minimum atomic E-state index is -0.115. The molecule has 2 aromatic rings. The van der Waals surface area contributed by atoms with Crippen LogP contribution in [0.4, 0.5) is 0 Å². The van der Waals surface area contributed by atoms with E-state index in [9.17, 15) is 0 Å². The Balaban J connectivity index is 2.23. The number of oxime groups is 1. The van der Waals surface area contributed by atoms with Crippen molar-refractivity contribution in [3.8, 4) is 11.6 Å². The normalized spacial score (nSPS) is 11.2. The van der Waals surface area contributed by atoms with E-state index in [1.807, 2.05) is 18.2 Å². The molecule has 1 heterocycles. The van der Waals surface area contributed by atoms with Gasteiger partial charge in [0.2, 0.25) is 5.88 Å². The molecule has 1 aromatic carbocycles. The van der Waals surface area contributed by atoms with Gasteiger partial charge in [-0.15, -0.1) is 0 Å². The molecule has 1 aromatic heterocycles. The van der Waals surface area contributed by atoms with Crippen LogP contribution in [-0.4, -0.2) is 21.0 Å². The number of hydrogen-bond donors (Lipinski definition) is 2. The zero-order valence-corrected chi connectivity index (χ0v) is 8.82. The van der Waals surface area contributed by atoms with Crippen molar-refractivity contribution in [3.05, 3.63) is 48.4 Å². The summed E-state index contributed by atoms with van der Waals surface area (Å²) >= 11 is 0. The molecule has 86 valence electrons. The SMILES string of the molecule is N/C(=N\O)c1cncc(Oc2ccccc2)n1. The van der Waals surface area contributed by atoms with Crippen molar-refractivity contribution in [2.45, 2.75) is 0 Å². The van der Waals surface area contributed by atoms with Gasteiger partial charge in [0.15, 0.2) is 5.84 Å². The predicted molar refractivity (Wildman–Crippen MR) is 61.1 cm³/mol. The molecule has 6 nitrogen and oxygen atoms in total. The van der Waals surface area contributed by atoms with E-state index in [-0.39, 0.29) is 17.4 Å². The summed E-state index contributed by atoms with van der Waals surface area (Å²) in [6.45, 7) is 0. The van der Waals surface area contributed by atoms with Gasteiger partial charge in [-0.3, -0.25) is 4.98 Å². The molecule has 0 aliphatic rings. The fourth-order valence-corrected chi connectivity index (χ4v) is 1.18. The van der Waals surface area contributed by atoms with Crippen LogP contribution in [0.1, 0.15) is 5.69 Å². The molecule has 0 saturated carbocycles. The summed E-state index contributed by atoms with van der Waals surface area (Å²) in [6.07, 6.45) is 2.83. The maximum atomic E-state index is 8.52. The van der Waals surface area contributed by atoms with E-state index >= 15 is 0 Å². The first-order chi connectivity index (χ1) is 8.29. The number of rotatable bonds is 3. The Bertz CT molecular complexity index is 528. The molecule has 0 bridgehead atoms. The van der Waals surface area contributed by atoms with E-state index < -0.39 is 0 Å². The van der Waals surface area contributed by atoms with E-state index in [4.69, 9.17) is 15.7 Å². The number of benzene rings is 1. The zero-order chi connectivity index (χ0) is 12.1. The van der Waals surface area contributed by atoms with Crippen molar-refractivity contribution in [2.24, 2.45) is 10.9 Å². The molecule has 0 aliphatic heterocycles. The summed E-state index contributed by atoms with van der Waals surface area (Å²) in [6, 6.07) is 9.15. The van der Waals surface area contributed by atoms with Gasteiger partial charge in [0.05, 0.1) is 12.4 Å². The van der Waals surface area contributed by atoms with Crippen molar-refractivity contribution < 1.29 is 9.94 Å². The highest BCUT2D eigenvalue weighted by molar-refractivity contribution is 5.94. The van der Waals surface area contributed by atoms with Crippen molar-refractivity contribution in [3.63, 3.8) is 0 Å². The van der Waals surface area contributed by atoms with Gasteiger partial charge >= 0.3 is 0 Å². The van der Waals surface area contributed by atoms with Crippen LogP contribution in [0.5, 0.6) is 11.6 Å². The highest BCUT2D eigenvalue weighted by Crippen LogP contribution is 2.17. The molecule has 0 fully saturated rings. The monoisotopic (exact) mass is 230 g/mol. The summed E-state index contributed by atoms with van der Waals surface area (Å²) in [5, 5.41) is 11.4. The van der Waals surface area contributed by atoms with Gasteiger partial charge in [-0.05, 0) is 12.1 Å². The number of amidine groups is 1. The van der Waals surface area contributed by atoms with Crippen LogP contribution < -0.4 is 10.5 Å². The highest BCUT2D eigenvalue weighted by atomic mass is 16.5. The van der Waals surface area contributed by atoms with Gasteiger partial charge in [-0.25, -0.2) is 4.98 Å². The van der Waals surface area contributed by atoms with Crippen molar-refractivity contribution in [1.29, 1.82) is 0 Å². The molecule has 0 radical (unpaired) electrons. The average molecular weight is 230 g/mol. The lowest BCUT2D eigenvalue weighted by molar-refractivity contribution is 0.318. The Morgan fingerprint density at radius 3 is 2.71 bits per heavy atom. The van der Waals surface area contributed by atoms with Gasteiger partial charge in [-0.1, -0.05) is 23.4 Å². The quantitative estimate of drug-likeness (QED) is 0.359. The number of hydrogen-bond acceptors (Lipinski definition) is 5. The smallest absolute Gasteiger partial charge is 0.238 e. The lowest BCUT2D eigenvalue weighted by atomic mass is 10.3. The first kappa shape index (κ1) is 10.9. The fourth-order valence-electron chi connectivity index (χ4n) is 1.18. The summed E-state index contributed by atoms with van der Waals surface area (Å²) in [4.78, 5) is 7.93. The standard InChI is InChI=1S/C11H10N4O2/c12-11(15-16)9-6-13-7-10(14-9)17-8-4-2-1-3-5-8/h1-7,16H,(H2,12,15). The Morgan fingerprint density at radius 1 is 1.24 bits per heavy atom. The number of ether oxygens (including phenoxy) is 1. The Kier molecular flexibility index (Phi) is 3.15. The molecule has 0 spiro atoms. The molecular formula is C11H10N4O2. The van der Waals surface area contributed by atoms with E-state index in [2.05, 4.69) is 15.1 Å². The molecule has 3 N–H and O–H groups in total. The summed E-state index contributed by atoms with van der Waals surface area (Å²) in [5.41, 5.74) is 5.65. The topological polar surface area (TPSA) is 93.6 Å². The van der Waals surface area contributed by atoms with Crippen molar-refractivity contribution in [1.82, 2.24) is 9.97 Å². The van der Waals surface area contributed by atoms with Gasteiger partial charge < -0.3 is 15.7 Å². The lowest BCUT2D eigenvalue weighted by Gasteiger charge is -2.04. The second kappa shape index (κ2) is 4.93. The van der Waals surface area contributed by atoms with Crippen LogP contribution >= 0.6 is 0 Å². The summed E-state index contributed by atoms with van der Waals surface area (Å²) in [7, 11) is 0. The van der Waals surface area contributed by atoms with E-state index in [0.717, 1.165) is 0 Å². The Labute approximate surface area is 97.4 Å². The number of nitrogens with zero attached hydrogens (tertiary/aromatic N) is 3. The van der Waals surface area contributed by atoms with Crippen LogP contribution in [-0.2, 0) is 0 Å². The van der Waals surface area contributed by atoms with Crippen LogP contribution in [0.2, 0.25) is 0 Å². The predicted octanol–water partition coefficient (Wildman–Crippen LogP) is 1.36. The summed E-state index contributed by atoms with van der Waals surface area (Å²) in [5.74, 6) is 0.801. The van der Waals surface area contributed by atoms with Gasteiger partial charge in [0.25, 0.3) is 0 Å². The first-order valence-electron chi connectivity index (χ1n) is 4.82. The molecule has 2 rings (SSSR count). The van der Waals surface area contributed by atoms with Crippen LogP contribution in [0, 0.1) is 0 Å². The molecule has 17 heavy (non-hydrogen) atoms. The highest BCUT2D eigenvalue weighted by Gasteiger charge is 2.04. The van der Waals surface area contributed by atoms with Crippen molar-refractivity contribution >= 4 is 5.84 Å². The number of aromatic nitrogens is 2. The molecular weight excluding hydrogens is 220 g/mol. The minimum absolute atomic E-state index is 0.115. The van der Waals surface area contributed by atoms with Crippen molar-refractivity contribution in [2.75, 3.05) is 0 Å². The maximum Gasteiger partial charge on any atom is 0.238 e. The molecule has 0 amide bonds. The minimum Gasteiger partial charge on any atom is -0.437 e. The van der Waals surface area contributed by atoms with E-state index in [0.29, 0.717) is 5.75 Å². The second-order valence-electron chi connectivity index (χ2n) is 3.14. The third kappa shape index (κ3) is 2.69. The van der Waals surface area contributed by atoms with Crippen LogP contribution in [0.25, 0.3) is 0 Å². The zero-order valence-electron chi connectivity index (χ0n) is 8.82. The molecule has 6 heteroatoms. The molecule has 0 aliphatic carbocycles. The molecule has 0 unspecified atom stereocenters. The van der Waals surface area contributed by atoms with E-state index in [1.165, 1.54) is 12.4 Å². The third-order valence-electron chi connectivity index (χ3n) is 1.95. The van der Waals surface area contributed by atoms with Crippen LogP contribution in [0.3, 0.4) is 0 Å². The van der Waals surface area contributed by atoms with Crippen LogP contribution in [0.15, 0.2) is 47.9 Å². The largest absolute Gasteiger partial charge is 0.437 e. The maximum absolute atomic E-state index is 8.52. The third-order valence-corrected chi connectivity index (χ3v) is 1.95. The second-order valence-corrected chi connectivity index (χ2v) is 3.14. The fraction of sp³-hybridized carbons (Fsp3) is 0. The molecule has 0 atom stereocenters. The number of nitrogens with two attached hydrogens (primary N) is 1. The Morgan fingerprint density at radius 2 is 2.00 bits per heavy atom.